The van der Waals surface area contributed by atoms with Crippen LogP contribution >= 0.6 is 11.6 Å². The molecule has 0 aromatic carbocycles. The number of aromatic nitrogens is 1. The monoisotopic (exact) mass is 266 g/mol. The predicted octanol–water partition coefficient (Wildman–Crippen LogP) is 3.06. The van der Waals surface area contributed by atoms with E-state index in [1.54, 1.807) is 18.3 Å². The summed E-state index contributed by atoms with van der Waals surface area (Å²) in [5, 5.41) is 3.10. The van der Waals surface area contributed by atoms with Crippen molar-refractivity contribution in [2.24, 2.45) is 0 Å². The molecule has 1 aliphatic rings. The van der Waals surface area contributed by atoms with Gasteiger partial charge >= 0.3 is 0 Å². The van der Waals surface area contributed by atoms with Gasteiger partial charge in [-0.05, 0) is 31.9 Å². The Morgan fingerprint density at radius 1 is 1.39 bits per heavy atom. The highest BCUT2D eigenvalue weighted by Crippen LogP contribution is 2.22. The van der Waals surface area contributed by atoms with Crippen molar-refractivity contribution in [2.75, 3.05) is 0 Å². The minimum atomic E-state index is -0.0573. The highest BCUT2D eigenvalue weighted by atomic mass is 35.5. The van der Waals surface area contributed by atoms with E-state index in [1.807, 2.05) is 6.92 Å². The van der Waals surface area contributed by atoms with Crippen molar-refractivity contribution >= 4 is 17.5 Å². The Hall–Kier alpha value is -1.09. The Morgan fingerprint density at radius 3 is 2.94 bits per heavy atom. The summed E-state index contributed by atoms with van der Waals surface area (Å²) < 4.78 is 0. The lowest BCUT2D eigenvalue weighted by atomic mass is 10.1. The lowest BCUT2D eigenvalue weighted by Crippen LogP contribution is -2.40. The Labute approximate surface area is 113 Å². The van der Waals surface area contributed by atoms with Crippen LogP contribution in [0.5, 0.6) is 0 Å². The number of carbonyl (C=O) groups is 1. The highest BCUT2D eigenvalue weighted by molar-refractivity contribution is 6.21. The molecule has 0 saturated heterocycles. The smallest absolute Gasteiger partial charge is 0.253 e. The van der Waals surface area contributed by atoms with E-state index < -0.39 is 0 Å². The van der Waals surface area contributed by atoms with Gasteiger partial charge in [-0.2, -0.15) is 0 Å². The zero-order valence-corrected chi connectivity index (χ0v) is 11.4. The van der Waals surface area contributed by atoms with Crippen molar-refractivity contribution in [3.05, 3.63) is 29.6 Å². The number of halogens is 1. The molecule has 1 aliphatic carbocycles. The Kier molecular flexibility index (Phi) is 4.59. The maximum absolute atomic E-state index is 12.2. The van der Waals surface area contributed by atoms with Gasteiger partial charge in [0.25, 0.3) is 5.91 Å². The predicted molar refractivity (Wildman–Crippen MR) is 73.0 cm³/mol. The number of carbonyl (C=O) groups excluding carboxylic acids is 1. The maximum atomic E-state index is 12.2. The van der Waals surface area contributed by atoms with Gasteiger partial charge in [0.2, 0.25) is 0 Å². The highest BCUT2D eigenvalue weighted by Gasteiger charge is 2.24. The molecule has 1 saturated carbocycles. The Bertz CT molecular complexity index is 422. The molecule has 0 spiro atoms. The minimum absolute atomic E-state index is 0.0495. The van der Waals surface area contributed by atoms with Gasteiger partial charge in [-0.15, -0.1) is 11.6 Å². The van der Waals surface area contributed by atoms with Gasteiger partial charge in [-0.25, -0.2) is 0 Å². The fourth-order valence-electron chi connectivity index (χ4n) is 2.40. The van der Waals surface area contributed by atoms with E-state index in [-0.39, 0.29) is 17.3 Å². The van der Waals surface area contributed by atoms with Crippen LogP contribution in [0.25, 0.3) is 0 Å². The first kappa shape index (κ1) is 13.3. The molecule has 18 heavy (non-hydrogen) atoms. The van der Waals surface area contributed by atoms with E-state index in [9.17, 15) is 4.79 Å². The average Bonchev–Trinajstić information content (AvgIpc) is 2.55. The molecule has 0 radical (unpaired) electrons. The van der Waals surface area contributed by atoms with Crippen LogP contribution in [-0.4, -0.2) is 22.3 Å². The second-order valence-corrected chi connectivity index (χ2v) is 5.43. The second-order valence-electron chi connectivity index (χ2n) is 4.87. The van der Waals surface area contributed by atoms with Crippen LogP contribution < -0.4 is 5.32 Å². The minimum Gasteiger partial charge on any atom is -0.348 e. The molecule has 1 aromatic rings. The van der Waals surface area contributed by atoms with Crippen molar-refractivity contribution < 1.29 is 4.79 Å². The van der Waals surface area contributed by atoms with Crippen LogP contribution in [0.15, 0.2) is 18.3 Å². The van der Waals surface area contributed by atoms with Gasteiger partial charge in [-0.1, -0.05) is 19.3 Å². The molecule has 1 N–H and O–H groups in total. The van der Waals surface area contributed by atoms with Gasteiger partial charge < -0.3 is 5.32 Å². The standard InChI is InChI=1S/C14H19ClN2O/c1-10-11(6-5-9-16-10)14(18)17-13-8-4-2-3-7-12(13)15/h5-6,9,12-13H,2-4,7-8H2,1H3,(H,17,18). The number of hydrogen-bond donors (Lipinski definition) is 1. The van der Waals surface area contributed by atoms with Crippen LogP contribution in [0, 0.1) is 6.92 Å². The summed E-state index contributed by atoms with van der Waals surface area (Å²) in [5.74, 6) is -0.0573. The number of aryl methyl sites for hydroxylation is 1. The summed E-state index contributed by atoms with van der Waals surface area (Å²) in [6.45, 7) is 1.85. The van der Waals surface area contributed by atoms with E-state index in [1.165, 1.54) is 6.42 Å². The lowest BCUT2D eigenvalue weighted by Gasteiger charge is -2.21. The van der Waals surface area contributed by atoms with E-state index in [0.29, 0.717) is 5.56 Å². The first-order chi connectivity index (χ1) is 8.68. The van der Waals surface area contributed by atoms with Crippen LogP contribution in [0.2, 0.25) is 0 Å². The van der Waals surface area contributed by atoms with Crippen molar-refractivity contribution in [2.45, 2.75) is 50.4 Å². The first-order valence-corrected chi connectivity index (χ1v) is 6.98. The van der Waals surface area contributed by atoms with Gasteiger partial charge in [0.1, 0.15) is 0 Å². The first-order valence-electron chi connectivity index (χ1n) is 6.55. The van der Waals surface area contributed by atoms with Crippen LogP contribution in [0.3, 0.4) is 0 Å². The van der Waals surface area contributed by atoms with Crippen LogP contribution in [0.4, 0.5) is 0 Å². The molecule has 1 amide bonds. The van der Waals surface area contributed by atoms with E-state index in [4.69, 9.17) is 11.6 Å². The van der Waals surface area contributed by atoms with Crippen LogP contribution in [0.1, 0.15) is 48.2 Å². The molecule has 3 nitrogen and oxygen atoms in total. The maximum Gasteiger partial charge on any atom is 0.253 e. The quantitative estimate of drug-likeness (QED) is 0.660. The third-order valence-electron chi connectivity index (χ3n) is 3.50. The number of amides is 1. The van der Waals surface area contributed by atoms with Gasteiger partial charge in [0, 0.05) is 17.9 Å². The fourth-order valence-corrected chi connectivity index (χ4v) is 2.74. The van der Waals surface area contributed by atoms with Crippen molar-refractivity contribution in [1.29, 1.82) is 0 Å². The molecule has 1 fully saturated rings. The number of rotatable bonds is 2. The van der Waals surface area contributed by atoms with Gasteiger partial charge in [0.05, 0.1) is 10.9 Å². The molecular formula is C14H19ClN2O. The number of nitrogens with zero attached hydrogens (tertiary/aromatic N) is 1. The van der Waals surface area contributed by atoms with Crippen LogP contribution in [-0.2, 0) is 0 Å². The molecule has 2 unspecified atom stereocenters. The lowest BCUT2D eigenvalue weighted by molar-refractivity contribution is 0.0933. The summed E-state index contributed by atoms with van der Waals surface area (Å²) >= 11 is 6.33. The number of hydrogen-bond acceptors (Lipinski definition) is 2. The molecule has 98 valence electrons. The molecule has 4 heteroatoms. The zero-order chi connectivity index (χ0) is 13.0. The van der Waals surface area contributed by atoms with Crippen molar-refractivity contribution in [3.8, 4) is 0 Å². The molecular weight excluding hydrogens is 248 g/mol. The molecule has 1 heterocycles. The topological polar surface area (TPSA) is 42.0 Å². The largest absolute Gasteiger partial charge is 0.348 e. The molecule has 0 aliphatic heterocycles. The van der Waals surface area contributed by atoms with E-state index >= 15 is 0 Å². The summed E-state index contributed by atoms with van der Waals surface area (Å²) in [5.41, 5.74) is 1.40. The molecule has 0 bridgehead atoms. The molecule has 1 aromatic heterocycles. The summed E-state index contributed by atoms with van der Waals surface area (Å²) in [6, 6.07) is 3.67. The second kappa shape index (κ2) is 6.19. The molecule has 2 atom stereocenters. The zero-order valence-electron chi connectivity index (χ0n) is 10.7. The SMILES string of the molecule is Cc1ncccc1C(=O)NC1CCCCCC1Cl. The van der Waals surface area contributed by atoms with Crippen molar-refractivity contribution in [1.82, 2.24) is 10.3 Å². The fraction of sp³-hybridized carbons (Fsp3) is 0.571. The number of pyridine rings is 1. The summed E-state index contributed by atoms with van der Waals surface area (Å²) in [6.07, 6.45) is 7.16. The average molecular weight is 267 g/mol. The van der Waals surface area contributed by atoms with Crippen molar-refractivity contribution in [3.63, 3.8) is 0 Å². The van der Waals surface area contributed by atoms with E-state index in [2.05, 4.69) is 10.3 Å². The van der Waals surface area contributed by atoms with E-state index in [0.717, 1.165) is 31.4 Å². The molecule has 2 rings (SSSR count). The third kappa shape index (κ3) is 3.22. The number of nitrogens with one attached hydrogen (secondary N) is 1. The normalized spacial score (nSPS) is 24.3. The van der Waals surface area contributed by atoms with Gasteiger partial charge in [0.15, 0.2) is 0 Å². The Balaban J connectivity index is 2.04. The van der Waals surface area contributed by atoms with Gasteiger partial charge in [-0.3, -0.25) is 9.78 Å². The number of alkyl halides is 1. The third-order valence-corrected chi connectivity index (χ3v) is 4.02. The summed E-state index contributed by atoms with van der Waals surface area (Å²) in [7, 11) is 0. The Morgan fingerprint density at radius 2 is 2.17 bits per heavy atom. The summed E-state index contributed by atoms with van der Waals surface area (Å²) in [4.78, 5) is 16.3.